The fourth-order valence-corrected chi connectivity index (χ4v) is 3.29. The molecular formula is C17H18ClN3O3. The normalized spacial score (nSPS) is 15.0. The summed E-state index contributed by atoms with van der Waals surface area (Å²) in [4.78, 5) is 42.4. The molecule has 2 heterocycles. The molecule has 1 unspecified atom stereocenters. The average Bonchev–Trinajstić information content (AvgIpc) is 2.53. The Balaban J connectivity index is 1.74. The van der Waals surface area contributed by atoms with Crippen LogP contribution in [0.4, 0.5) is 0 Å². The second-order valence-corrected chi connectivity index (χ2v) is 6.55. The molecule has 1 aromatic carbocycles. The zero-order valence-electron chi connectivity index (χ0n) is 13.3. The average molecular weight is 348 g/mol. The van der Waals surface area contributed by atoms with Crippen molar-refractivity contribution in [3.8, 4) is 0 Å². The lowest BCUT2D eigenvalue weighted by Crippen LogP contribution is -2.43. The molecule has 1 aliphatic heterocycles. The minimum Gasteiger partial charge on any atom is -0.336 e. The van der Waals surface area contributed by atoms with Crippen LogP contribution in [0.1, 0.15) is 23.7 Å². The SMILES string of the molecule is CC(Cc1cccc(Cl)c1)C(=O)N1CCc2c([nH]c(=O)[nH]c2=O)C1. The predicted molar refractivity (Wildman–Crippen MR) is 91.1 cm³/mol. The maximum atomic E-state index is 12.7. The van der Waals surface area contributed by atoms with Crippen molar-refractivity contribution in [2.24, 2.45) is 5.92 Å². The highest BCUT2D eigenvalue weighted by atomic mass is 35.5. The smallest absolute Gasteiger partial charge is 0.325 e. The Morgan fingerprint density at radius 1 is 1.33 bits per heavy atom. The molecule has 2 aromatic rings. The van der Waals surface area contributed by atoms with Crippen molar-refractivity contribution in [2.75, 3.05) is 6.54 Å². The van der Waals surface area contributed by atoms with E-state index in [1.54, 1.807) is 11.0 Å². The standard InChI is InChI=1S/C17H18ClN3O3/c1-10(7-11-3-2-4-12(18)8-11)16(23)21-6-5-13-14(9-21)19-17(24)20-15(13)22/h2-4,8,10H,5-7,9H2,1H3,(H2,19,20,22,24). The van der Waals surface area contributed by atoms with Crippen molar-refractivity contribution < 1.29 is 4.79 Å². The largest absolute Gasteiger partial charge is 0.336 e. The number of H-pyrrole nitrogens is 2. The van der Waals surface area contributed by atoms with Crippen LogP contribution in [0, 0.1) is 5.92 Å². The predicted octanol–water partition coefficient (Wildman–Crippen LogP) is 1.48. The van der Waals surface area contributed by atoms with E-state index in [4.69, 9.17) is 11.6 Å². The molecule has 24 heavy (non-hydrogen) atoms. The number of hydrogen-bond acceptors (Lipinski definition) is 3. The summed E-state index contributed by atoms with van der Waals surface area (Å²) in [5.74, 6) is -0.208. The molecule has 0 saturated carbocycles. The summed E-state index contributed by atoms with van der Waals surface area (Å²) >= 11 is 5.98. The Hall–Kier alpha value is -2.34. The van der Waals surface area contributed by atoms with Gasteiger partial charge in [-0.1, -0.05) is 30.7 Å². The van der Waals surface area contributed by atoms with Gasteiger partial charge in [-0.15, -0.1) is 0 Å². The van der Waals surface area contributed by atoms with Crippen LogP contribution in [0.5, 0.6) is 0 Å². The first-order chi connectivity index (χ1) is 11.4. The number of rotatable bonds is 3. The maximum absolute atomic E-state index is 12.7. The van der Waals surface area contributed by atoms with E-state index in [-0.39, 0.29) is 23.9 Å². The number of fused-ring (bicyclic) bond motifs is 1. The highest BCUT2D eigenvalue weighted by molar-refractivity contribution is 6.30. The second-order valence-electron chi connectivity index (χ2n) is 6.11. The molecule has 7 heteroatoms. The summed E-state index contributed by atoms with van der Waals surface area (Å²) in [6, 6.07) is 7.46. The Morgan fingerprint density at radius 2 is 2.12 bits per heavy atom. The van der Waals surface area contributed by atoms with Gasteiger partial charge in [0.25, 0.3) is 5.56 Å². The van der Waals surface area contributed by atoms with E-state index in [0.29, 0.717) is 35.7 Å². The first kappa shape index (κ1) is 16.5. The molecule has 1 amide bonds. The Morgan fingerprint density at radius 3 is 2.88 bits per heavy atom. The molecule has 0 fully saturated rings. The van der Waals surface area contributed by atoms with Gasteiger partial charge in [-0.2, -0.15) is 0 Å². The fraction of sp³-hybridized carbons (Fsp3) is 0.353. The number of carbonyl (C=O) groups excluding carboxylic acids is 1. The molecule has 0 bridgehead atoms. The first-order valence-corrected chi connectivity index (χ1v) is 8.19. The van der Waals surface area contributed by atoms with E-state index in [9.17, 15) is 14.4 Å². The van der Waals surface area contributed by atoms with Crippen LogP contribution in [0.2, 0.25) is 5.02 Å². The van der Waals surface area contributed by atoms with E-state index in [0.717, 1.165) is 5.56 Å². The van der Waals surface area contributed by atoms with Crippen molar-refractivity contribution in [2.45, 2.75) is 26.3 Å². The summed E-state index contributed by atoms with van der Waals surface area (Å²) < 4.78 is 0. The van der Waals surface area contributed by atoms with Gasteiger partial charge in [0.1, 0.15) is 0 Å². The number of nitrogens with zero attached hydrogens (tertiary/aromatic N) is 1. The van der Waals surface area contributed by atoms with Crippen molar-refractivity contribution in [3.05, 3.63) is 66.9 Å². The third-order valence-corrected chi connectivity index (χ3v) is 4.51. The lowest BCUT2D eigenvalue weighted by Gasteiger charge is -2.30. The number of halogens is 1. The molecule has 0 saturated heterocycles. The number of benzene rings is 1. The van der Waals surface area contributed by atoms with Crippen LogP contribution in [0.25, 0.3) is 0 Å². The van der Waals surface area contributed by atoms with Crippen LogP contribution >= 0.6 is 11.6 Å². The van der Waals surface area contributed by atoms with Crippen LogP contribution in [-0.4, -0.2) is 27.3 Å². The minimum atomic E-state index is -0.542. The summed E-state index contributed by atoms with van der Waals surface area (Å²) in [6.07, 6.45) is 1.03. The van der Waals surface area contributed by atoms with Gasteiger partial charge in [0.05, 0.1) is 6.54 Å². The number of nitrogens with one attached hydrogen (secondary N) is 2. The van der Waals surface area contributed by atoms with E-state index in [1.165, 1.54) is 0 Å². The topological polar surface area (TPSA) is 86.0 Å². The monoisotopic (exact) mass is 347 g/mol. The van der Waals surface area contributed by atoms with Gasteiger partial charge in [-0.3, -0.25) is 14.6 Å². The lowest BCUT2D eigenvalue weighted by atomic mass is 9.98. The third kappa shape index (κ3) is 3.43. The van der Waals surface area contributed by atoms with E-state index < -0.39 is 5.69 Å². The summed E-state index contributed by atoms with van der Waals surface area (Å²) in [6.45, 7) is 2.60. The quantitative estimate of drug-likeness (QED) is 0.881. The highest BCUT2D eigenvalue weighted by Gasteiger charge is 2.26. The van der Waals surface area contributed by atoms with Crippen molar-refractivity contribution >= 4 is 17.5 Å². The summed E-state index contributed by atoms with van der Waals surface area (Å²) in [5, 5.41) is 0.649. The van der Waals surface area contributed by atoms with E-state index in [2.05, 4.69) is 9.97 Å². The molecular weight excluding hydrogens is 330 g/mol. The number of aromatic amines is 2. The molecule has 6 nitrogen and oxygen atoms in total. The Labute approximate surface area is 143 Å². The summed E-state index contributed by atoms with van der Waals surface area (Å²) in [5.41, 5.74) is 1.18. The maximum Gasteiger partial charge on any atom is 0.325 e. The molecule has 1 aromatic heterocycles. The minimum absolute atomic E-state index is 0.00163. The third-order valence-electron chi connectivity index (χ3n) is 4.27. The number of aromatic nitrogens is 2. The molecule has 126 valence electrons. The second kappa shape index (κ2) is 6.65. The molecule has 1 atom stereocenters. The molecule has 0 spiro atoms. The molecule has 2 N–H and O–H groups in total. The Bertz CT molecular complexity index is 887. The van der Waals surface area contributed by atoms with Gasteiger partial charge in [-0.25, -0.2) is 4.79 Å². The highest BCUT2D eigenvalue weighted by Crippen LogP contribution is 2.19. The number of amides is 1. The van der Waals surface area contributed by atoms with Crippen molar-refractivity contribution in [1.29, 1.82) is 0 Å². The zero-order chi connectivity index (χ0) is 17.3. The van der Waals surface area contributed by atoms with Gasteiger partial charge in [-0.05, 0) is 30.5 Å². The lowest BCUT2D eigenvalue weighted by molar-refractivity contribution is -0.136. The molecule has 1 aliphatic rings. The number of hydrogen-bond donors (Lipinski definition) is 2. The molecule has 0 aliphatic carbocycles. The van der Waals surface area contributed by atoms with E-state index >= 15 is 0 Å². The first-order valence-electron chi connectivity index (χ1n) is 7.81. The number of carbonyl (C=O) groups is 1. The van der Waals surface area contributed by atoms with Crippen LogP contribution in [-0.2, 0) is 24.2 Å². The van der Waals surface area contributed by atoms with E-state index in [1.807, 2.05) is 25.1 Å². The summed E-state index contributed by atoms with van der Waals surface area (Å²) in [7, 11) is 0. The van der Waals surface area contributed by atoms with Crippen LogP contribution < -0.4 is 11.2 Å². The van der Waals surface area contributed by atoms with Crippen molar-refractivity contribution in [3.63, 3.8) is 0 Å². The van der Waals surface area contributed by atoms with Crippen LogP contribution in [0.3, 0.4) is 0 Å². The van der Waals surface area contributed by atoms with Gasteiger partial charge in [0, 0.05) is 28.7 Å². The zero-order valence-corrected chi connectivity index (χ0v) is 14.0. The van der Waals surface area contributed by atoms with Crippen molar-refractivity contribution in [1.82, 2.24) is 14.9 Å². The fourth-order valence-electron chi connectivity index (χ4n) is 3.08. The Kier molecular flexibility index (Phi) is 4.57. The van der Waals surface area contributed by atoms with Gasteiger partial charge in [0.15, 0.2) is 0 Å². The van der Waals surface area contributed by atoms with Gasteiger partial charge < -0.3 is 9.88 Å². The van der Waals surface area contributed by atoms with Crippen LogP contribution in [0.15, 0.2) is 33.9 Å². The molecule has 3 rings (SSSR count). The van der Waals surface area contributed by atoms with Gasteiger partial charge in [0.2, 0.25) is 5.91 Å². The molecule has 0 radical (unpaired) electrons. The van der Waals surface area contributed by atoms with Gasteiger partial charge >= 0.3 is 5.69 Å².